The fourth-order valence-corrected chi connectivity index (χ4v) is 4.34. The Hall–Kier alpha value is -5.86. The van der Waals surface area contributed by atoms with E-state index in [0.717, 1.165) is 0 Å². The molecule has 418 valence electrons. The van der Waals surface area contributed by atoms with Gasteiger partial charge in [-0.3, -0.25) is 20.0 Å². The molecule has 0 bridgehead atoms. The van der Waals surface area contributed by atoms with Gasteiger partial charge >= 0.3 is 119 Å². The molecule has 2 radical (unpaired) electrons. The third kappa shape index (κ3) is 54.9. The molecule has 0 spiro atoms. The van der Waals surface area contributed by atoms with Gasteiger partial charge < -0.3 is 110 Å². The van der Waals surface area contributed by atoms with Crippen molar-refractivity contribution in [2.45, 2.75) is 40.5 Å². The third-order valence-corrected chi connectivity index (χ3v) is 6.99. The molecule has 4 aromatic rings. The van der Waals surface area contributed by atoms with Crippen LogP contribution < -0.4 is 59.8 Å². The van der Waals surface area contributed by atoms with Crippen LogP contribution in [0, 0.1) is 111 Å². The molecule has 0 fully saturated rings. The average Bonchev–Trinajstić information content (AvgIpc) is 3.29. The van der Waals surface area contributed by atoms with Gasteiger partial charge in [0.05, 0.1) is 38.6 Å². The van der Waals surface area contributed by atoms with Gasteiger partial charge in [0.1, 0.15) is 34.6 Å². The molecule has 0 N–H and O–H groups in total. The molecule has 0 amide bonds. The summed E-state index contributed by atoms with van der Waals surface area (Å²) in [5.41, 5.74) is 1.98. The molecule has 4 rings (SSSR count). The Balaban J connectivity index is -0.000000143. The minimum atomic E-state index is -2.33. The zero-order valence-corrected chi connectivity index (χ0v) is 53.7. The summed E-state index contributed by atoms with van der Waals surface area (Å²) in [6.45, 7) is 8.26. The molecular formula is C46H52Gd2N6O22Zn2. The predicted molar refractivity (Wildman–Crippen MR) is 253 cm³/mol. The van der Waals surface area contributed by atoms with Crippen molar-refractivity contribution in [3.8, 4) is 46.0 Å². The van der Waals surface area contributed by atoms with Crippen LogP contribution >= 0.6 is 0 Å². The van der Waals surface area contributed by atoms with Gasteiger partial charge in [-0.15, -0.1) is 0 Å². The number of carbonyl (C=O) groups excluding carboxylic acids is 4. The van der Waals surface area contributed by atoms with E-state index in [9.17, 15) is 30.0 Å². The second-order valence-corrected chi connectivity index (χ2v) is 13.1. The fraction of sp³-hybridized carbons (Fsp3) is 0.304. The van der Waals surface area contributed by atoms with Gasteiger partial charge in [-0.2, -0.15) is 0 Å². The number of aliphatic imine (C=N–C) groups is 4. The second kappa shape index (κ2) is 57.3. The minimum Gasteiger partial charge on any atom is -0.870 e. The number of hydrogen-bond donors (Lipinski definition) is 0. The van der Waals surface area contributed by atoms with Crippen LogP contribution in [0.4, 0.5) is 9.59 Å². The summed E-state index contributed by atoms with van der Waals surface area (Å²) in [5, 5.41) is 111. The minimum absolute atomic E-state index is 0. The molecule has 0 aliphatic rings. The Bertz CT molecular complexity index is 2060. The van der Waals surface area contributed by atoms with Crippen LogP contribution in [0.25, 0.3) is 0 Å². The molecular weight excluding hydrogens is 1430 g/mol. The monoisotopic (exact) mass is 1480 g/mol. The maximum Gasteiger partial charge on any atom is 3.00 e. The maximum absolute atomic E-state index is 11.9. The summed E-state index contributed by atoms with van der Waals surface area (Å²) in [6, 6.07) is 20.3. The molecule has 32 heteroatoms. The number of rotatable bonds is 16. The number of hydrogen-bond acceptors (Lipinski definition) is 26. The number of benzene rings is 4. The topological polar surface area (TPSA) is 472 Å². The summed E-state index contributed by atoms with van der Waals surface area (Å²) >= 11 is 0. The van der Waals surface area contributed by atoms with E-state index >= 15 is 0 Å². The van der Waals surface area contributed by atoms with Crippen molar-refractivity contribution in [1.29, 1.82) is 0 Å². The number of carboxylic acid groups (broad SMARTS) is 4. The molecule has 0 heterocycles. The zero-order valence-electron chi connectivity index (χ0n) is 43.3. The van der Waals surface area contributed by atoms with Gasteiger partial charge in [0, 0.05) is 51.0 Å². The quantitative estimate of drug-likeness (QED) is 0.0443. The SMILES string of the molecule is CC(C)=O.CC(C)=O.COc1cccc(C=NCCCN=Cc2cccc(OC)c2[O-])c1[O-].COc1cccc(C=NCCCN=Cc2cccc(OC)c2[O-])c1[O-].O=C([O-])[O-].O=C([O-])[O-].O=[N+]([O-])[O-].O=[N+]([O-])[O-].[Gd+3].[Gd+3].[Zn+2].[Zn+2]. The normalized spacial score (nSPS) is 9.13. The molecule has 0 unspecified atom stereocenters. The number of ketones is 2. The maximum atomic E-state index is 11.9. The summed E-state index contributed by atoms with van der Waals surface area (Å²) in [7, 11) is 5.85. The third-order valence-electron chi connectivity index (χ3n) is 6.99. The van der Waals surface area contributed by atoms with Crippen molar-refractivity contribution < 1.29 is 208 Å². The Kier molecular flexibility index (Phi) is 65.2. The van der Waals surface area contributed by atoms with Crippen molar-refractivity contribution >= 4 is 48.7 Å². The molecule has 0 saturated carbocycles. The molecule has 78 heavy (non-hydrogen) atoms. The Morgan fingerprint density at radius 1 is 0.423 bits per heavy atom. The molecule has 28 nitrogen and oxygen atoms in total. The molecule has 0 aliphatic heterocycles. The molecule has 0 aliphatic carbocycles. The van der Waals surface area contributed by atoms with E-state index < -0.39 is 22.5 Å². The van der Waals surface area contributed by atoms with Crippen molar-refractivity contribution in [2.75, 3.05) is 54.6 Å². The summed E-state index contributed by atoms with van der Waals surface area (Å²) in [5.74, 6) is 0.863. The first-order chi connectivity index (χ1) is 34.7. The number of para-hydroxylation sites is 4. The smallest absolute Gasteiger partial charge is 0.870 e. The van der Waals surface area contributed by atoms with Crippen LogP contribution in [0.15, 0.2) is 92.8 Å². The first kappa shape index (κ1) is 88.7. The van der Waals surface area contributed by atoms with Crippen molar-refractivity contribution in [1.82, 2.24) is 0 Å². The van der Waals surface area contributed by atoms with E-state index in [4.69, 9.17) is 79.6 Å². The fourth-order valence-electron chi connectivity index (χ4n) is 4.34. The van der Waals surface area contributed by atoms with Crippen LogP contribution in [0.1, 0.15) is 62.8 Å². The predicted octanol–water partition coefficient (Wildman–Crippen LogP) is -0.628. The second-order valence-electron chi connectivity index (χ2n) is 13.1. The largest absolute Gasteiger partial charge is 3.00 e. The van der Waals surface area contributed by atoms with Crippen LogP contribution in [-0.4, -0.2) is 114 Å². The van der Waals surface area contributed by atoms with Gasteiger partial charge in [-0.1, -0.05) is 71.5 Å². The number of carbonyl (C=O) groups is 4. The van der Waals surface area contributed by atoms with E-state index in [0.29, 0.717) is 84.3 Å². The van der Waals surface area contributed by atoms with E-state index in [1.54, 1.807) is 97.7 Å². The van der Waals surface area contributed by atoms with Crippen LogP contribution in [0.5, 0.6) is 46.0 Å². The number of Topliss-reactive ketones (excluding diaryl/α,β-unsaturated/α-hetero) is 2. The van der Waals surface area contributed by atoms with E-state index in [1.165, 1.54) is 56.1 Å². The summed E-state index contributed by atoms with van der Waals surface area (Å²) < 4.78 is 19.9. The van der Waals surface area contributed by atoms with Gasteiger partial charge in [-0.05, 0) is 99.4 Å². The Morgan fingerprint density at radius 2 is 0.564 bits per heavy atom. The molecule has 4 aromatic carbocycles. The van der Waals surface area contributed by atoms with Gasteiger partial charge in [-0.25, -0.2) is 0 Å². The van der Waals surface area contributed by atoms with Crippen molar-refractivity contribution in [3.63, 3.8) is 0 Å². The molecule has 0 atom stereocenters. The van der Waals surface area contributed by atoms with Crippen LogP contribution in [-0.2, 0) is 48.5 Å². The van der Waals surface area contributed by atoms with Gasteiger partial charge in [0.25, 0.3) is 0 Å². The van der Waals surface area contributed by atoms with E-state index in [1.807, 2.05) is 0 Å². The van der Waals surface area contributed by atoms with Crippen molar-refractivity contribution in [2.24, 2.45) is 20.0 Å². The number of nitrogens with zero attached hydrogens (tertiary/aromatic N) is 6. The van der Waals surface area contributed by atoms with E-state index in [2.05, 4.69) is 20.0 Å². The van der Waals surface area contributed by atoms with Gasteiger partial charge in [0.2, 0.25) is 0 Å². The van der Waals surface area contributed by atoms with Crippen molar-refractivity contribution in [3.05, 3.63) is 126 Å². The average molecular weight is 1490 g/mol. The first-order valence-corrected chi connectivity index (χ1v) is 20.4. The molecule has 0 aromatic heterocycles. The summed E-state index contributed by atoms with van der Waals surface area (Å²) in [4.78, 5) is 69.0. The first-order valence-electron chi connectivity index (χ1n) is 20.4. The van der Waals surface area contributed by atoms with E-state index in [-0.39, 0.29) is 153 Å². The molecule has 0 saturated heterocycles. The van der Waals surface area contributed by atoms with Crippen LogP contribution in [0.3, 0.4) is 0 Å². The number of methoxy groups -OCH3 is 4. The van der Waals surface area contributed by atoms with Gasteiger partial charge in [0.15, 0.2) is 0 Å². The zero-order chi connectivity index (χ0) is 57.6. The van der Waals surface area contributed by atoms with Crippen LogP contribution in [0.2, 0.25) is 0 Å². The Labute approximate surface area is 538 Å². The number of ether oxygens (including phenoxy) is 4. The Morgan fingerprint density at radius 3 is 0.692 bits per heavy atom. The summed E-state index contributed by atoms with van der Waals surface area (Å²) in [6.07, 6.45) is 2.95. The standard InChI is InChI=1S/2C19H22N2O4.2C3H6O.2CH2O3.2Gd.2NO3.2Zn/c2*1-24-16-8-3-6-14(18(16)22)12-20-10-5-11-21-13-15-7-4-9-17(25-2)19(15)23;2*1-3(2)4;2*2-1(3)4;;;2*2-1(3)4;;/h2*3-4,6-9,12-13,22-23H,5,10-11H2,1-2H3;2*1-2H3;2*(H2,2,3,4);;;;;;/q;;;;;;2*+3;2*-1;2*+2/p-8.